The zero-order valence-electron chi connectivity index (χ0n) is 23.8. The van der Waals surface area contributed by atoms with E-state index in [4.69, 9.17) is 4.74 Å². The van der Waals surface area contributed by atoms with Crippen LogP contribution in [0.1, 0.15) is 63.9 Å². The lowest BCUT2D eigenvalue weighted by atomic mass is 10.2. The van der Waals surface area contributed by atoms with Gasteiger partial charge in [-0.15, -0.1) is 0 Å². The monoisotopic (exact) mass is 525 g/mol. The molecule has 0 aliphatic rings. The number of anilines is 2. The van der Waals surface area contributed by atoms with E-state index >= 15 is 0 Å². The van der Waals surface area contributed by atoms with E-state index in [-0.39, 0.29) is 23.7 Å². The third kappa shape index (κ3) is 11.4. The first-order valence-corrected chi connectivity index (χ1v) is 13.0. The number of allylic oxidation sites excluding steroid dienone is 2. The quantitative estimate of drug-likeness (QED) is 0.195. The summed E-state index contributed by atoms with van der Waals surface area (Å²) in [4.78, 5) is 41.1. The van der Waals surface area contributed by atoms with Crippen LogP contribution in [0.3, 0.4) is 0 Å². The Bertz CT molecular complexity index is 1020. The molecular formula is C29H43N5O4. The molecule has 208 valence electrons. The highest BCUT2D eigenvalue weighted by Crippen LogP contribution is 2.25. The Hall–Kier alpha value is -3.98. The van der Waals surface area contributed by atoms with Crippen molar-refractivity contribution in [1.29, 1.82) is 0 Å². The number of hydrazine groups is 1. The summed E-state index contributed by atoms with van der Waals surface area (Å²) in [7, 11) is 1.71. The Morgan fingerprint density at radius 2 is 1.76 bits per heavy atom. The molecule has 0 unspecified atom stereocenters. The summed E-state index contributed by atoms with van der Waals surface area (Å²) in [6.45, 7) is 16.2. The van der Waals surface area contributed by atoms with Gasteiger partial charge in [-0.3, -0.25) is 10.1 Å². The van der Waals surface area contributed by atoms with Crippen LogP contribution in [-0.4, -0.2) is 48.6 Å². The Balaban J connectivity index is 0.00000326. The molecule has 38 heavy (non-hydrogen) atoms. The van der Waals surface area contributed by atoms with Crippen molar-refractivity contribution in [2.75, 3.05) is 30.5 Å². The molecule has 0 saturated carbocycles. The Kier molecular flexibility index (Phi) is 18.0. The Morgan fingerprint density at radius 3 is 2.32 bits per heavy atom. The Morgan fingerprint density at radius 1 is 1.11 bits per heavy atom. The van der Waals surface area contributed by atoms with Crippen LogP contribution in [-0.2, 0) is 11.3 Å². The number of hydrogen-bond donors (Lipinski definition) is 2. The second kappa shape index (κ2) is 20.1. The molecule has 2 aromatic rings. The number of pyridine rings is 1. The van der Waals surface area contributed by atoms with E-state index in [1.165, 1.54) is 17.3 Å². The largest absolute Gasteiger partial charge is 0.448 e. The fourth-order valence-electron chi connectivity index (χ4n) is 3.15. The molecule has 2 rings (SSSR count). The fraction of sp³-hybridized carbons (Fsp3) is 0.379. The third-order valence-electron chi connectivity index (χ3n) is 4.83. The van der Waals surface area contributed by atoms with E-state index in [1.807, 2.05) is 71.0 Å². The lowest BCUT2D eigenvalue weighted by Crippen LogP contribution is -2.45. The van der Waals surface area contributed by atoms with Crippen LogP contribution in [0.5, 0.6) is 0 Å². The first kappa shape index (κ1) is 34.0. The highest BCUT2D eigenvalue weighted by Gasteiger charge is 2.25. The Labute approximate surface area is 227 Å². The topological polar surface area (TPSA) is 104 Å². The molecule has 2 N–H and O–H groups in total. The molecule has 0 bridgehead atoms. The second-order valence-corrected chi connectivity index (χ2v) is 7.28. The average molecular weight is 526 g/mol. The number of aldehydes is 1. The van der Waals surface area contributed by atoms with E-state index in [2.05, 4.69) is 22.2 Å². The van der Waals surface area contributed by atoms with Crippen molar-refractivity contribution in [1.82, 2.24) is 15.3 Å². The van der Waals surface area contributed by atoms with Gasteiger partial charge in [0, 0.05) is 32.4 Å². The number of hydrogen-bond acceptors (Lipinski definition) is 6. The van der Waals surface area contributed by atoms with Gasteiger partial charge in [0.25, 0.3) is 0 Å². The summed E-state index contributed by atoms with van der Waals surface area (Å²) >= 11 is 0. The number of ether oxygens (including phenoxy) is 1. The van der Waals surface area contributed by atoms with Crippen LogP contribution >= 0.6 is 0 Å². The number of urea groups is 1. The lowest BCUT2D eigenvalue weighted by molar-refractivity contribution is 0.112. The van der Waals surface area contributed by atoms with Gasteiger partial charge in [0.1, 0.15) is 5.82 Å². The molecule has 0 spiro atoms. The number of rotatable bonds is 11. The van der Waals surface area contributed by atoms with Crippen LogP contribution in [0.2, 0.25) is 0 Å². The molecule has 0 atom stereocenters. The predicted molar refractivity (Wildman–Crippen MR) is 155 cm³/mol. The first-order chi connectivity index (χ1) is 18.4. The van der Waals surface area contributed by atoms with E-state index in [9.17, 15) is 14.4 Å². The normalized spacial score (nSPS) is 10.2. The lowest BCUT2D eigenvalue weighted by Gasteiger charge is -2.32. The highest BCUT2D eigenvalue weighted by molar-refractivity contribution is 5.96. The maximum atomic E-state index is 12.9. The maximum absolute atomic E-state index is 12.9. The van der Waals surface area contributed by atoms with Crippen LogP contribution in [0, 0.1) is 0 Å². The van der Waals surface area contributed by atoms with Gasteiger partial charge in [0.2, 0.25) is 0 Å². The molecule has 1 heterocycles. The van der Waals surface area contributed by atoms with E-state index in [0.717, 1.165) is 17.6 Å². The van der Waals surface area contributed by atoms with Crippen molar-refractivity contribution >= 4 is 29.9 Å². The summed E-state index contributed by atoms with van der Waals surface area (Å²) in [6.07, 6.45) is 5.52. The van der Waals surface area contributed by atoms with Gasteiger partial charge < -0.3 is 10.1 Å². The van der Waals surface area contributed by atoms with Crippen LogP contribution in [0.25, 0.3) is 0 Å². The van der Waals surface area contributed by atoms with Gasteiger partial charge in [0.05, 0.1) is 17.9 Å². The van der Waals surface area contributed by atoms with Crippen molar-refractivity contribution in [3.8, 4) is 0 Å². The molecule has 0 radical (unpaired) electrons. The van der Waals surface area contributed by atoms with Crippen molar-refractivity contribution in [3.63, 3.8) is 0 Å². The molecule has 1 aromatic heterocycles. The molecule has 0 fully saturated rings. The minimum absolute atomic E-state index is 0.154. The van der Waals surface area contributed by atoms with Gasteiger partial charge in [-0.2, -0.15) is 0 Å². The number of carbonyl (C=O) groups excluding carboxylic acids is 3. The van der Waals surface area contributed by atoms with Gasteiger partial charge >= 0.3 is 12.1 Å². The zero-order valence-corrected chi connectivity index (χ0v) is 23.8. The van der Waals surface area contributed by atoms with E-state index < -0.39 is 12.1 Å². The molecule has 9 heteroatoms. The number of carbonyl (C=O) groups is 3. The number of benzene rings is 1. The third-order valence-corrected chi connectivity index (χ3v) is 4.83. The fourth-order valence-corrected chi connectivity index (χ4v) is 3.15. The predicted octanol–water partition coefficient (Wildman–Crippen LogP) is 6.60. The molecule has 0 aliphatic heterocycles. The van der Waals surface area contributed by atoms with Crippen molar-refractivity contribution in [2.45, 2.75) is 54.5 Å². The number of aromatic nitrogens is 1. The maximum Gasteiger partial charge on any atom is 0.429 e. The molecule has 0 saturated heterocycles. The van der Waals surface area contributed by atoms with Crippen LogP contribution in [0.4, 0.5) is 21.1 Å². The van der Waals surface area contributed by atoms with E-state index in [1.54, 1.807) is 25.1 Å². The minimum atomic E-state index is -0.659. The average Bonchev–Trinajstić information content (AvgIpc) is 2.94. The second-order valence-electron chi connectivity index (χ2n) is 7.28. The first-order valence-electron chi connectivity index (χ1n) is 13.0. The van der Waals surface area contributed by atoms with Crippen molar-refractivity contribution in [3.05, 3.63) is 78.0 Å². The summed E-state index contributed by atoms with van der Waals surface area (Å²) in [5.74, 6) is 0.172. The van der Waals surface area contributed by atoms with E-state index in [0.29, 0.717) is 19.4 Å². The summed E-state index contributed by atoms with van der Waals surface area (Å²) in [5.41, 5.74) is 2.36. The molecule has 1 aromatic carbocycles. The molecule has 0 aliphatic carbocycles. The molecule has 9 nitrogen and oxygen atoms in total. The summed E-state index contributed by atoms with van der Waals surface area (Å²) in [6, 6.07) is 10.5. The smallest absolute Gasteiger partial charge is 0.429 e. The molecule has 3 amide bonds. The van der Waals surface area contributed by atoms with Crippen molar-refractivity contribution in [2.24, 2.45) is 0 Å². The number of nitrogens with one attached hydrogen (secondary N) is 2. The van der Waals surface area contributed by atoms with Crippen LogP contribution in [0.15, 0.2) is 66.9 Å². The van der Waals surface area contributed by atoms with Gasteiger partial charge in [0.15, 0.2) is 6.29 Å². The molecular weight excluding hydrogens is 482 g/mol. The standard InChI is InChI=1S/C25H31N5O4.2C2H6/c1-5-11-19(6-2)15-27-24(32)28-23-14-22(21(18-31)16-26-23)30(25(33)34-7-3)29(4)17-20-12-9-8-10-13-20;2*1-2/h5,8-14,16,18H,1,6-7,15,17H2,2-4H3,(H2,26,27,28,32);2*1-2H3/b19-11+;;. The van der Waals surface area contributed by atoms with Gasteiger partial charge in [-0.05, 0) is 18.9 Å². The summed E-state index contributed by atoms with van der Waals surface area (Å²) in [5, 5.41) is 8.28. The zero-order chi connectivity index (χ0) is 28.9. The highest BCUT2D eigenvalue weighted by atomic mass is 16.6. The number of amides is 3. The number of nitrogens with zero attached hydrogens (tertiary/aromatic N) is 3. The SMILES string of the molecule is C=C/C=C(\CC)CNC(=O)Nc1cc(N(C(=O)OCC)N(C)Cc2ccccc2)c(C=O)cn1.CC.CC. The minimum Gasteiger partial charge on any atom is -0.448 e. The van der Waals surface area contributed by atoms with Gasteiger partial charge in [-0.25, -0.2) is 24.6 Å². The van der Waals surface area contributed by atoms with Crippen LogP contribution < -0.4 is 15.6 Å². The van der Waals surface area contributed by atoms with Crippen molar-refractivity contribution < 1.29 is 19.1 Å². The van der Waals surface area contributed by atoms with Gasteiger partial charge in [-0.1, -0.05) is 89.3 Å². The summed E-state index contributed by atoms with van der Waals surface area (Å²) < 4.78 is 5.23.